The van der Waals surface area contributed by atoms with Gasteiger partial charge in [0.1, 0.15) is 16.7 Å². The van der Waals surface area contributed by atoms with Crippen molar-refractivity contribution in [1.29, 1.82) is 0 Å². The average molecular weight is 329 g/mol. The summed E-state index contributed by atoms with van der Waals surface area (Å²) in [6, 6.07) is 5.51. The third-order valence-electron chi connectivity index (χ3n) is 2.76. The minimum Gasteiger partial charge on any atom is -0.744 e. The second kappa shape index (κ2) is 9.34. The van der Waals surface area contributed by atoms with Gasteiger partial charge in [0.2, 0.25) is 0 Å². The van der Waals surface area contributed by atoms with Gasteiger partial charge in [0.25, 0.3) is 0 Å². The first kappa shape index (κ1) is 20.3. The summed E-state index contributed by atoms with van der Waals surface area (Å²) >= 11 is 0. The van der Waals surface area contributed by atoms with Gasteiger partial charge in [0, 0.05) is 5.92 Å². The number of hydrogen-bond donors (Lipinski definition) is 1. The Bertz CT molecular complexity index is 578. The molecule has 1 aromatic rings. The van der Waals surface area contributed by atoms with E-state index in [1.54, 1.807) is 18.2 Å². The summed E-state index contributed by atoms with van der Waals surface area (Å²) in [5, 5.41) is 0. The predicted molar refractivity (Wildman–Crippen MR) is 81.8 cm³/mol. The van der Waals surface area contributed by atoms with Gasteiger partial charge in [0.05, 0.1) is 4.90 Å². The summed E-state index contributed by atoms with van der Waals surface area (Å²) in [5.41, 5.74) is 4.61. The number of ether oxygens (including phenoxy) is 1. The zero-order valence-electron chi connectivity index (χ0n) is 13.1. The molecule has 0 radical (unpaired) electrons. The Morgan fingerprint density at radius 2 is 1.86 bits per heavy atom. The van der Waals surface area contributed by atoms with E-state index in [0.717, 1.165) is 5.56 Å². The molecule has 3 N–H and O–H groups in total. The molecule has 1 aromatic carbocycles. The summed E-state index contributed by atoms with van der Waals surface area (Å²) in [7, 11) is -4.27. The third kappa shape index (κ3) is 7.92. The van der Waals surface area contributed by atoms with Crippen LogP contribution in [0, 0.1) is 12.8 Å². The van der Waals surface area contributed by atoms with E-state index in [4.69, 9.17) is 4.74 Å². The molecular weight excluding hydrogens is 306 g/mol. The first-order valence-electron chi connectivity index (χ1n) is 6.72. The normalized spacial score (nSPS) is 12.1. The van der Waals surface area contributed by atoms with Crippen LogP contribution < -0.4 is 5.73 Å². The topological polar surface area (TPSA) is 111 Å². The minimum atomic E-state index is -4.27. The lowest BCUT2D eigenvalue weighted by Gasteiger charge is -2.09. The van der Waals surface area contributed by atoms with Crippen molar-refractivity contribution in [3.63, 3.8) is 0 Å². The lowest BCUT2D eigenvalue weighted by atomic mass is 10.1. The van der Waals surface area contributed by atoms with E-state index >= 15 is 0 Å². The van der Waals surface area contributed by atoms with Crippen LogP contribution in [0.3, 0.4) is 0 Å². The van der Waals surface area contributed by atoms with Crippen LogP contribution in [-0.2, 0) is 19.6 Å². The summed E-state index contributed by atoms with van der Waals surface area (Å²) in [5.74, 6) is -0.0211. The molecule has 0 aliphatic carbocycles. The molecule has 0 heterocycles. The molecule has 0 bridgehead atoms. The van der Waals surface area contributed by atoms with Crippen LogP contribution >= 0.6 is 0 Å². The number of carbonyl (C=O) groups is 1. The maximum Gasteiger partial charge on any atom is 0.365 e. The third-order valence-corrected chi connectivity index (χ3v) is 3.61. The highest BCUT2D eigenvalue weighted by Gasteiger charge is 2.21. The van der Waals surface area contributed by atoms with E-state index in [1.165, 1.54) is 12.1 Å². The Labute approximate surface area is 131 Å². The van der Waals surface area contributed by atoms with Crippen molar-refractivity contribution in [2.75, 3.05) is 6.61 Å². The molecule has 6 nitrogen and oxygen atoms in total. The maximum absolute atomic E-state index is 11.0. The van der Waals surface area contributed by atoms with E-state index < -0.39 is 10.1 Å². The Hall–Kier alpha value is -1.70. The lowest BCUT2D eigenvalue weighted by Crippen LogP contribution is -2.67. The molecule has 0 aliphatic rings. The van der Waals surface area contributed by atoms with Crippen LogP contribution in [-0.4, -0.2) is 31.6 Å². The molecule has 0 unspecified atom stereocenters. The Morgan fingerprint density at radius 1 is 1.36 bits per heavy atom. The summed E-state index contributed by atoms with van der Waals surface area (Å²) in [4.78, 5) is 10.8. The van der Waals surface area contributed by atoms with Gasteiger partial charge in [-0.25, -0.2) is 13.2 Å². The molecule has 0 saturated carbocycles. The first-order valence-corrected chi connectivity index (χ1v) is 8.13. The van der Waals surface area contributed by atoms with Crippen molar-refractivity contribution < 1.29 is 28.2 Å². The molecule has 0 aromatic heterocycles. The molecule has 0 saturated heterocycles. The fourth-order valence-electron chi connectivity index (χ4n) is 1.23. The smallest absolute Gasteiger partial charge is 0.365 e. The highest BCUT2D eigenvalue weighted by molar-refractivity contribution is 7.85. The molecule has 0 aliphatic heterocycles. The Balaban J connectivity index is 0.000000401. The first-order chi connectivity index (χ1) is 10.1. The number of hydrogen-bond acceptors (Lipinski definition) is 5. The summed E-state index contributed by atoms with van der Waals surface area (Å²) in [6.07, 6.45) is 1.55. The van der Waals surface area contributed by atoms with Gasteiger partial charge in [0.15, 0.2) is 6.04 Å². The molecule has 1 atom stereocenters. The number of quaternary nitrogens is 1. The number of esters is 1. The van der Waals surface area contributed by atoms with Gasteiger partial charge in [-0.2, -0.15) is 0 Å². The van der Waals surface area contributed by atoms with E-state index in [0.29, 0.717) is 0 Å². The van der Waals surface area contributed by atoms with Gasteiger partial charge in [-0.3, -0.25) is 0 Å². The van der Waals surface area contributed by atoms with Crippen molar-refractivity contribution >= 4 is 16.1 Å². The van der Waals surface area contributed by atoms with Crippen LogP contribution in [0.2, 0.25) is 0 Å². The Morgan fingerprint density at radius 3 is 2.23 bits per heavy atom. The SMILES string of the molecule is C=CCOC(=O)[C@@H]([NH3+])C(C)C.Cc1ccc(S(=O)(=O)[O-])cc1. The monoisotopic (exact) mass is 329 g/mol. The summed E-state index contributed by atoms with van der Waals surface area (Å²) in [6.45, 7) is 9.41. The van der Waals surface area contributed by atoms with Crippen LogP contribution in [0.5, 0.6) is 0 Å². The quantitative estimate of drug-likeness (QED) is 0.490. The van der Waals surface area contributed by atoms with E-state index in [2.05, 4.69) is 12.3 Å². The van der Waals surface area contributed by atoms with Crippen molar-refractivity contribution in [2.24, 2.45) is 5.92 Å². The van der Waals surface area contributed by atoms with Crippen LogP contribution in [0.25, 0.3) is 0 Å². The highest BCUT2D eigenvalue weighted by Crippen LogP contribution is 2.08. The summed E-state index contributed by atoms with van der Waals surface area (Å²) < 4.78 is 36.0. The molecule has 1 rings (SSSR count). The second-order valence-electron chi connectivity index (χ2n) is 5.04. The van der Waals surface area contributed by atoms with Gasteiger partial charge < -0.3 is 15.0 Å². The second-order valence-corrected chi connectivity index (χ2v) is 6.42. The van der Waals surface area contributed by atoms with E-state index in [-0.39, 0.29) is 29.4 Å². The molecule has 22 heavy (non-hydrogen) atoms. The standard InChI is InChI=1S/C8H15NO2.C7H8O3S/c1-4-5-11-8(10)7(9)6(2)3;1-6-2-4-7(5-3-6)11(8,9)10/h4,6-7H,1,5,9H2,2-3H3;2-5H,1H3,(H,8,9,10)/t7-;/m0./s1. The van der Waals surface area contributed by atoms with Crippen molar-refractivity contribution in [1.82, 2.24) is 0 Å². The zero-order chi connectivity index (χ0) is 17.3. The van der Waals surface area contributed by atoms with Crippen molar-refractivity contribution in [3.8, 4) is 0 Å². The molecule has 0 fully saturated rings. The predicted octanol–water partition coefficient (Wildman–Crippen LogP) is 0.881. The molecule has 0 spiro atoms. The van der Waals surface area contributed by atoms with Crippen LogP contribution in [0.1, 0.15) is 19.4 Å². The molecular formula is C15H23NO5S. The fraction of sp³-hybridized carbons (Fsp3) is 0.400. The average Bonchev–Trinajstić information content (AvgIpc) is 2.44. The fourth-order valence-corrected chi connectivity index (χ4v) is 1.69. The van der Waals surface area contributed by atoms with E-state index in [1.807, 2.05) is 20.8 Å². The lowest BCUT2D eigenvalue weighted by molar-refractivity contribution is -0.418. The van der Waals surface area contributed by atoms with Gasteiger partial charge in [-0.05, 0) is 19.1 Å². The molecule has 0 amide bonds. The zero-order valence-corrected chi connectivity index (χ0v) is 13.9. The Kier molecular flexibility index (Phi) is 8.62. The van der Waals surface area contributed by atoms with Gasteiger partial charge in [-0.1, -0.05) is 44.2 Å². The van der Waals surface area contributed by atoms with Crippen molar-refractivity contribution in [2.45, 2.75) is 31.7 Å². The maximum atomic E-state index is 11.0. The van der Waals surface area contributed by atoms with Crippen molar-refractivity contribution in [3.05, 3.63) is 42.5 Å². The number of rotatable bonds is 5. The minimum absolute atomic E-state index is 0.178. The molecule has 7 heteroatoms. The van der Waals surface area contributed by atoms with E-state index in [9.17, 15) is 17.8 Å². The number of aryl methyl sites for hydroxylation is 1. The van der Waals surface area contributed by atoms with Gasteiger partial charge in [-0.15, -0.1) is 0 Å². The van der Waals surface area contributed by atoms with Crippen LogP contribution in [0.15, 0.2) is 41.8 Å². The largest absolute Gasteiger partial charge is 0.744 e. The number of benzene rings is 1. The molecule has 124 valence electrons. The van der Waals surface area contributed by atoms with Gasteiger partial charge >= 0.3 is 5.97 Å². The highest BCUT2D eigenvalue weighted by atomic mass is 32.2. The van der Waals surface area contributed by atoms with Crippen LogP contribution in [0.4, 0.5) is 0 Å². The number of carbonyl (C=O) groups excluding carboxylic acids is 1.